The van der Waals surface area contributed by atoms with Gasteiger partial charge >= 0.3 is 0 Å². The first-order valence-corrected chi connectivity index (χ1v) is 5.75. The van der Waals surface area contributed by atoms with Gasteiger partial charge in [0.05, 0.1) is 12.7 Å². The summed E-state index contributed by atoms with van der Waals surface area (Å²) in [6, 6.07) is 0. The molecule has 0 bridgehead atoms. The number of hydrogen-bond acceptors (Lipinski definition) is 2. The summed E-state index contributed by atoms with van der Waals surface area (Å²) >= 11 is 2.43. The third-order valence-electron chi connectivity index (χ3n) is 1.93. The number of rotatable bonds is 3. The van der Waals surface area contributed by atoms with Crippen molar-refractivity contribution in [2.75, 3.05) is 30.7 Å². The van der Waals surface area contributed by atoms with Gasteiger partial charge < -0.3 is 4.74 Å². The summed E-state index contributed by atoms with van der Waals surface area (Å²) in [5, 5.41) is 0. The largest absolute Gasteiger partial charge is 0.376 e. The predicted octanol–water partition coefficient (Wildman–Crippen LogP) is 1.53. The summed E-state index contributed by atoms with van der Waals surface area (Å²) < 4.78 is 6.71. The van der Waals surface area contributed by atoms with Crippen LogP contribution in [0.25, 0.3) is 0 Å². The van der Waals surface area contributed by atoms with Gasteiger partial charge in [-0.05, 0) is 19.9 Å². The van der Waals surface area contributed by atoms with Crippen molar-refractivity contribution in [2.45, 2.75) is 19.4 Å². The topological polar surface area (TPSA) is 12.5 Å². The lowest BCUT2D eigenvalue weighted by molar-refractivity contribution is -0.0179. The average Bonchev–Trinajstić information content (AvgIpc) is 2.01. The second-order valence-electron chi connectivity index (χ2n) is 3.02. The minimum absolute atomic E-state index is 0.443. The molecule has 0 radical (unpaired) electrons. The molecule has 2 nitrogen and oxygen atoms in total. The lowest BCUT2D eigenvalue weighted by Crippen LogP contribution is -2.41. The molecular formula is C8H16INO. The lowest BCUT2D eigenvalue weighted by Gasteiger charge is -2.30. The van der Waals surface area contributed by atoms with Gasteiger partial charge in [-0.1, -0.05) is 22.6 Å². The van der Waals surface area contributed by atoms with Crippen molar-refractivity contribution in [1.82, 2.24) is 4.90 Å². The molecule has 0 aromatic carbocycles. The third kappa shape index (κ3) is 3.71. The minimum Gasteiger partial charge on any atom is -0.376 e. The molecule has 0 saturated carbocycles. The molecule has 11 heavy (non-hydrogen) atoms. The van der Waals surface area contributed by atoms with Crippen molar-refractivity contribution >= 4 is 22.6 Å². The molecule has 1 rings (SSSR count). The highest BCUT2D eigenvalue weighted by Crippen LogP contribution is 2.04. The summed E-state index contributed by atoms with van der Waals surface area (Å²) in [7, 11) is 0. The van der Waals surface area contributed by atoms with E-state index in [2.05, 4.69) is 34.4 Å². The highest BCUT2D eigenvalue weighted by molar-refractivity contribution is 14.1. The van der Waals surface area contributed by atoms with Crippen LogP contribution >= 0.6 is 22.6 Å². The van der Waals surface area contributed by atoms with E-state index >= 15 is 0 Å². The van der Waals surface area contributed by atoms with E-state index in [4.69, 9.17) is 4.74 Å². The maximum absolute atomic E-state index is 5.44. The zero-order chi connectivity index (χ0) is 8.10. The fraction of sp³-hybridized carbons (Fsp3) is 1.00. The molecule has 3 heteroatoms. The number of halogens is 1. The maximum Gasteiger partial charge on any atom is 0.0674 e. The molecule has 1 fully saturated rings. The zero-order valence-corrected chi connectivity index (χ0v) is 9.21. The van der Waals surface area contributed by atoms with E-state index in [1.54, 1.807) is 0 Å². The molecule has 0 aromatic rings. The van der Waals surface area contributed by atoms with Gasteiger partial charge in [-0.15, -0.1) is 0 Å². The Hall–Kier alpha value is 0.650. The Morgan fingerprint density at radius 2 is 2.45 bits per heavy atom. The molecule has 66 valence electrons. The van der Waals surface area contributed by atoms with Crippen molar-refractivity contribution in [1.29, 1.82) is 0 Å². The fourth-order valence-corrected chi connectivity index (χ4v) is 1.72. The van der Waals surface area contributed by atoms with Crippen LogP contribution in [0.1, 0.15) is 13.3 Å². The Morgan fingerprint density at radius 3 is 3.09 bits per heavy atom. The van der Waals surface area contributed by atoms with Crippen LogP contribution in [0.2, 0.25) is 0 Å². The third-order valence-corrected chi connectivity index (χ3v) is 2.70. The van der Waals surface area contributed by atoms with E-state index in [0.717, 1.165) is 19.7 Å². The van der Waals surface area contributed by atoms with Crippen LogP contribution < -0.4 is 0 Å². The molecular weight excluding hydrogens is 253 g/mol. The number of ether oxygens (including phenoxy) is 1. The minimum atomic E-state index is 0.443. The summed E-state index contributed by atoms with van der Waals surface area (Å²) in [6.45, 7) is 6.56. The SMILES string of the molecule is CC1CN(CCCI)CCO1. The Balaban J connectivity index is 2.12. The Labute approximate surface area is 82.4 Å². The average molecular weight is 269 g/mol. The first kappa shape index (κ1) is 9.74. The molecule has 0 amide bonds. The van der Waals surface area contributed by atoms with Gasteiger partial charge in [-0.3, -0.25) is 4.90 Å². The molecule has 1 heterocycles. The van der Waals surface area contributed by atoms with Gasteiger partial charge in [0.25, 0.3) is 0 Å². The molecule has 0 aromatic heterocycles. The molecule has 0 aliphatic carbocycles. The molecule has 1 unspecified atom stereocenters. The first-order chi connectivity index (χ1) is 5.33. The zero-order valence-electron chi connectivity index (χ0n) is 7.05. The molecule has 1 aliphatic rings. The molecule has 0 spiro atoms. The monoisotopic (exact) mass is 269 g/mol. The highest BCUT2D eigenvalue weighted by atomic mass is 127. The normalized spacial score (nSPS) is 27.3. The van der Waals surface area contributed by atoms with Crippen molar-refractivity contribution < 1.29 is 4.74 Å². The van der Waals surface area contributed by atoms with Gasteiger partial charge in [-0.2, -0.15) is 0 Å². The van der Waals surface area contributed by atoms with Gasteiger partial charge in [0.1, 0.15) is 0 Å². The van der Waals surface area contributed by atoms with E-state index < -0.39 is 0 Å². The summed E-state index contributed by atoms with van der Waals surface area (Å²) in [6.07, 6.45) is 1.76. The van der Waals surface area contributed by atoms with E-state index in [1.165, 1.54) is 17.4 Å². The van der Waals surface area contributed by atoms with Crippen molar-refractivity contribution in [3.8, 4) is 0 Å². The van der Waals surface area contributed by atoms with Gasteiger partial charge in [0.2, 0.25) is 0 Å². The van der Waals surface area contributed by atoms with E-state index in [0.29, 0.717) is 6.10 Å². The predicted molar refractivity (Wildman–Crippen MR) is 55.4 cm³/mol. The quantitative estimate of drug-likeness (QED) is 0.569. The van der Waals surface area contributed by atoms with Crippen LogP contribution in [0, 0.1) is 0 Å². The lowest BCUT2D eigenvalue weighted by atomic mass is 10.3. The van der Waals surface area contributed by atoms with Crippen LogP contribution in [0.4, 0.5) is 0 Å². The highest BCUT2D eigenvalue weighted by Gasteiger charge is 2.15. The van der Waals surface area contributed by atoms with Crippen LogP contribution in [-0.4, -0.2) is 41.7 Å². The smallest absolute Gasteiger partial charge is 0.0674 e. The second-order valence-corrected chi connectivity index (χ2v) is 4.10. The Kier molecular flexibility index (Phi) is 4.71. The second kappa shape index (κ2) is 5.32. The molecule has 1 atom stereocenters. The van der Waals surface area contributed by atoms with Gasteiger partial charge in [0, 0.05) is 17.5 Å². The van der Waals surface area contributed by atoms with E-state index in [9.17, 15) is 0 Å². The summed E-state index contributed by atoms with van der Waals surface area (Å²) in [4.78, 5) is 2.49. The van der Waals surface area contributed by atoms with Gasteiger partial charge in [0.15, 0.2) is 0 Å². The maximum atomic E-state index is 5.44. The molecule has 1 saturated heterocycles. The van der Waals surface area contributed by atoms with Crippen LogP contribution in [0.15, 0.2) is 0 Å². The Morgan fingerprint density at radius 1 is 1.64 bits per heavy atom. The van der Waals surface area contributed by atoms with E-state index in [1.807, 2.05) is 0 Å². The Bertz CT molecular complexity index is 110. The first-order valence-electron chi connectivity index (χ1n) is 4.23. The number of morpholine rings is 1. The van der Waals surface area contributed by atoms with Crippen LogP contribution in [0.3, 0.4) is 0 Å². The standard InChI is InChI=1S/C8H16INO/c1-8-7-10(4-2-3-9)5-6-11-8/h8H,2-7H2,1H3. The van der Waals surface area contributed by atoms with E-state index in [-0.39, 0.29) is 0 Å². The van der Waals surface area contributed by atoms with Crippen LogP contribution in [-0.2, 0) is 4.74 Å². The van der Waals surface area contributed by atoms with Crippen molar-refractivity contribution in [3.63, 3.8) is 0 Å². The van der Waals surface area contributed by atoms with Gasteiger partial charge in [-0.25, -0.2) is 0 Å². The fourth-order valence-electron chi connectivity index (χ4n) is 1.38. The van der Waals surface area contributed by atoms with Crippen molar-refractivity contribution in [2.24, 2.45) is 0 Å². The number of nitrogens with zero attached hydrogens (tertiary/aromatic N) is 1. The molecule has 1 aliphatic heterocycles. The summed E-state index contributed by atoms with van der Waals surface area (Å²) in [5.74, 6) is 0. The van der Waals surface area contributed by atoms with Crippen LogP contribution in [0.5, 0.6) is 0 Å². The summed E-state index contributed by atoms with van der Waals surface area (Å²) in [5.41, 5.74) is 0. The molecule has 0 N–H and O–H groups in total. The number of hydrogen-bond donors (Lipinski definition) is 0. The number of alkyl halides is 1. The van der Waals surface area contributed by atoms with Crippen molar-refractivity contribution in [3.05, 3.63) is 0 Å².